The Morgan fingerprint density at radius 2 is 1.55 bits per heavy atom. The lowest BCUT2D eigenvalue weighted by Crippen LogP contribution is -2.46. The Kier molecular flexibility index (Phi) is 8.44. The summed E-state index contributed by atoms with van der Waals surface area (Å²) in [6.45, 7) is 10.3. The van der Waals surface area contributed by atoms with Gasteiger partial charge in [0, 0.05) is 63.6 Å². The highest BCUT2D eigenvalue weighted by molar-refractivity contribution is 5.66. The molecule has 0 aliphatic carbocycles. The van der Waals surface area contributed by atoms with Crippen molar-refractivity contribution in [3.63, 3.8) is 0 Å². The number of methoxy groups -OCH3 is 3. The number of hydrogen-bond acceptors (Lipinski definition) is 12. The highest BCUT2D eigenvalue weighted by Gasteiger charge is 2.23. The van der Waals surface area contributed by atoms with Crippen LogP contribution in [0.2, 0.25) is 0 Å². The van der Waals surface area contributed by atoms with Gasteiger partial charge in [-0.25, -0.2) is 0 Å². The van der Waals surface area contributed by atoms with Crippen LogP contribution in [0.4, 0.5) is 23.5 Å². The first-order valence-corrected chi connectivity index (χ1v) is 13.5. The number of fused-ring (bicyclic) bond motifs is 1. The predicted molar refractivity (Wildman–Crippen MR) is 153 cm³/mol. The second-order valence-electron chi connectivity index (χ2n) is 9.42. The summed E-state index contributed by atoms with van der Waals surface area (Å²) in [5, 5.41) is 3.33. The van der Waals surface area contributed by atoms with Crippen molar-refractivity contribution in [1.29, 1.82) is 0 Å². The van der Waals surface area contributed by atoms with Gasteiger partial charge in [0.2, 0.25) is 30.4 Å². The van der Waals surface area contributed by atoms with Gasteiger partial charge in [0.15, 0.2) is 23.0 Å². The van der Waals surface area contributed by atoms with E-state index >= 15 is 0 Å². The van der Waals surface area contributed by atoms with Gasteiger partial charge in [-0.1, -0.05) is 6.07 Å². The lowest BCUT2D eigenvalue weighted by atomic mass is 10.1. The van der Waals surface area contributed by atoms with Crippen molar-refractivity contribution in [1.82, 2.24) is 19.9 Å². The van der Waals surface area contributed by atoms with Gasteiger partial charge in [-0.05, 0) is 31.5 Å². The topological polar surface area (TPSA) is 107 Å². The Morgan fingerprint density at radius 1 is 0.850 bits per heavy atom. The van der Waals surface area contributed by atoms with Crippen LogP contribution in [0.3, 0.4) is 0 Å². The molecule has 1 fully saturated rings. The van der Waals surface area contributed by atoms with Crippen LogP contribution in [-0.2, 0) is 6.54 Å². The zero-order valence-corrected chi connectivity index (χ0v) is 23.8. The molecule has 0 saturated carbocycles. The second kappa shape index (κ2) is 12.3. The molecule has 2 aliphatic heterocycles. The summed E-state index contributed by atoms with van der Waals surface area (Å²) in [5.41, 5.74) is 1.92. The average Bonchev–Trinajstić information content (AvgIpc) is 3.45. The Bertz CT molecular complexity index is 1290. The molecule has 5 rings (SSSR count). The van der Waals surface area contributed by atoms with Crippen molar-refractivity contribution in [2.24, 2.45) is 0 Å². The Labute approximate surface area is 234 Å². The fraction of sp³-hybridized carbons (Fsp3) is 0.464. The van der Waals surface area contributed by atoms with Crippen molar-refractivity contribution in [3.8, 4) is 28.7 Å². The maximum absolute atomic E-state index is 5.54. The molecule has 3 heterocycles. The van der Waals surface area contributed by atoms with Gasteiger partial charge in [0.1, 0.15) is 0 Å². The Balaban J connectivity index is 1.34. The molecule has 0 spiro atoms. The molecule has 2 aromatic carbocycles. The van der Waals surface area contributed by atoms with Gasteiger partial charge in [0.05, 0.1) is 21.3 Å². The minimum absolute atomic E-state index is 0.287. The molecule has 0 unspecified atom stereocenters. The maximum atomic E-state index is 5.54. The smallest absolute Gasteiger partial charge is 0.233 e. The fourth-order valence-electron chi connectivity index (χ4n) is 4.88. The molecule has 1 N–H and O–H groups in total. The van der Waals surface area contributed by atoms with E-state index in [4.69, 9.17) is 38.6 Å². The molecule has 3 aromatic rings. The lowest BCUT2D eigenvalue weighted by Gasteiger charge is -2.35. The van der Waals surface area contributed by atoms with Crippen LogP contribution >= 0.6 is 0 Å². The van der Waals surface area contributed by atoms with Crippen LogP contribution in [0, 0.1) is 0 Å². The third kappa shape index (κ3) is 5.86. The Hall–Kier alpha value is -4.19. The summed E-state index contributed by atoms with van der Waals surface area (Å²) in [5.74, 6) is 4.96. The molecule has 0 atom stereocenters. The van der Waals surface area contributed by atoms with E-state index in [2.05, 4.69) is 46.0 Å². The summed E-state index contributed by atoms with van der Waals surface area (Å²) in [6.07, 6.45) is 0. The molecule has 0 amide bonds. The molecule has 0 bridgehead atoms. The number of aromatic nitrogens is 3. The molecule has 12 heteroatoms. The molecular formula is C28H37N7O5. The number of rotatable bonds is 11. The minimum atomic E-state index is 0.287. The molecule has 40 heavy (non-hydrogen) atoms. The maximum Gasteiger partial charge on any atom is 0.233 e. The minimum Gasteiger partial charge on any atom is -0.493 e. The second-order valence-corrected chi connectivity index (χ2v) is 9.42. The van der Waals surface area contributed by atoms with Crippen molar-refractivity contribution >= 4 is 23.5 Å². The molecular weight excluding hydrogens is 514 g/mol. The highest BCUT2D eigenvalue weighted by Crippen LogP contribution is 2.40. The van der Waals surface area contributed by atoms with Crippen LogP contribution in [-0.4, -0.2) is 87.2 Å². The van der Waals surface area contributed by atoms with Gasteiger partial charge >= 0.3 is 0 Å². The van der Waals surface area contributed by atoms with Crippen LogP contribution in [0.1, 0.15) is 19.4 Å². The molecule has 12 nitrogen and oxygen atoms in total. The number of ether oxygens (including phenoxy) is 5. The summed E-state index contributed by atoms with van der Waals surface area (Å²) >= 11 is 0. The zero-order valence-electron chi connectivity index (χ0n) is 23.8. The van der Waals surface area contributed by atoms with Crippen LogP contribution in [0.25, 0.3) is 0 Å². The van der Waals surface area contributed by atoms with Crippen molar-refractivity contribution in [2.45, 2.75) is 20.4 Å². The van der Waals surface area contributed by atoms with E-state index in [-0.39, 0.29) is 6.79 Å². The van der Waals surface area contributed by atoms with Gasteiger partial charge in [-0.2, -0.15) is 15.0 Å². The van der Waals surface area contributed by atoms with Crippen molar-refractivity contribution < 1.29 is 23.7 Å². The van der Waals surface area contributed by atoms with Crippen molar-refractivity contribution in [3.05, 3.63) is 35.9 Å². The van der Waals surface area contributed by atoms with E-state index in [9.17, 15) is 0 Å². The standard InChI is InChI=1S/C28H37N7O5/c1-6-34(7-2)27-30-26(29-20-15-23(36-3)25(38-5)24(16-20)37-4)31-28(32-27)35-12-10-33(11-13-35)17-19-8-9-21-22(14-19)40-18-39-21/h8-9,14-16H,6-7,10-13,17-18H2,1-5H3,(H,29,30,31,32). The van der Waals surface area contributed by atoms with E-state index in [1.54, 1.807) is 21.3 Å². The third-order valence-corrected chi connectivity index (χ3v) is 7.08. The highest BCUT2D eigenvalue weighted by atomic mass is 16.7. The predicted octanol–water partition coefficient (Wildman–Crippen LogP) is 3.54. The Morgan fingerprint density at radius 3 is 2.20 bits per heavy atom. The largest absolute Gasteiger partial charge is 0.493 e. The first kappa shape index (κ1) is 27.4. The average molecular weight is 552 g/mol. The fourth-order valence-corrected chi connectivity index (χ4v) is 4.88. The van der Waals surface area contributed by atoms with Crippen LogP contribution < -0.4 is 38.8 Å². The number of benzene rings is 2. The number of nitrogens with zero attached hydrogens (tertiary/aromatic N) is 6. The zero-order chi connectivity index (χ0) is 28.1. The quantitative estimate of drug-likeness (QED) is 0.377. The van der Waals surface area contributed by atoms with E-state index in [1.807, 2.05) is 18.2 Å². The summed E-state index contributed by atoms with van der Waals surface area (Å²) in [4.78, 5) is 21.2. The van der Waals surface area contributed by atoms with E-state index in [0.29, 0.717) is 40.8 Å². The van der Waals surface area contributed by atoms with Crippen LogP contribution in [0.5, 0.6) is 28.7 Å². The molecule has 1 aromatic heterocycles. The lowest BCUT2D eigenvalue weighted by molar-refractivity contribution is 0.174. The van der Waals surface area contributed by atoms with E-state index in [1.165, 1.54) is 5.56 Å². The number of anilines is 4. The van der Waals surface area contributed by atoms with Gasteiger partial charge in [0.25, 0.3) is 0 Å². The summed E-state index contributed by atoms with van der Waals surface area (Å²) in [6, 6.07) is 9.81. The molecule has 214 valence electrons. The first-order chi connectivity index (χ1) is 19.5. The normalized spacial score (nSPS) is 14.7. The van der Waals surface area contributed by atoms with Gasteiger partial charge in [-0.3, -0.25) is 4.90 Å². The number of piperazine rings is 1. The van der Waals surface area contributed by atoms with Gasteiger partial charge < -0.3 is 38.8 Å². The first-order valence-electron chi connectivity index (χ1n) is 13.5. The van der Waals surface area contributed by atoms with Gasteiger partial charge in [-0.15, -0.1) is 0 Å². The van der Waals surface area contributed by atoms with E-state index < -0.39 is 0 Å². The van der Waals surface area contributed by atoms with Crippen LogP contribution in [0.15, 0.2) is 30.3 Å². The number of hydrogen-bond donors (Lipinski definition) is 1. The molecule has 1 saturated heterocycles. The third-order valence-electron chi connectivity index (χ3n) is 7.08. The number of nitrogens with one attached hydrogen (secondary N) is 1. The monoisotopic (exact) mass is 551 g/mol. The molecule has 2 aliphatic rings. The molecule has 0 radical (unpaired) electrons. The summed E-state index contributed by atoms with van der Waals surface area (Å²) < 4.78 is 27.5. The van der Waals surface area contributed by atoms with Crippen molar-refractivity contribution in [2.75, 3.05) is 82.5 Å². The summed E-state index contributed by atoms with van der Waals surface area (Å²) in [7, 11) is 4.76. The van der Waals surface area contributed by atoms with E-state index in [0.717, 1.165) is 57.3 Å². The SMILES string of the molecule is CCN(CC)c1nc(Nc2cc(OC)c(OC)c(OC)c2)nc(N2CCN(Cc3ccc4c(c3)OCO4)CC2)n1.